The lowest BCUT2D eigenvalue weighted by Crippen LogP contribution is -2.54. The Kier molecular flexibility index (Phi) is 13.9. The maximum Gasteiger partial charge on any atom is 0.329 e. The van der Waals surface area contributed by atoms with E-state index in [1.54, 1.807) is 53.7 Å². The van der Waals surface area contributed by atoms with Crippen molar-refractivity contribution in [2.75, 3.05) is 13.1 Å². The van der Waals surface area contributed by atoms with E-state index in [4.69, 9.17) is 11.5 Å². The monoisotopic (exact) mass is 846 g/mol. The van der Waals surface area contributed by atoms with Gasteiger partial charge >= 0.3 is 11.9 Å². The molecule has 0 saturated heterocycles. The number of aryl methyl sites for hydroxylation is 2. The van der Waals surface area contributed by atoms with Gasteiger partial charge in [-0.3, -0.25) is 9.98 Å². The molecule has 4 aromatic carbocycles. The standard InChI is InChI=1S/C42H50F4N4O10/c1-17(2)25-21-13-19(5)27(33(53)29(21)23(31(51)35(25)55)15-49-11-7-9-41(47,37(43)44)39(57)58)28-20(6)14-22-26(18(3)4)36(56)32(52)24(30(22)34(28)54)16-50-12-8-10-42(48,38(45)46)40(59)60/h13-18,37-38,51-56H,7-12,47-48H2,1-6H3,(H,57,58)(H,59,60). The molecule has 12 N–H and O–H groups in total. The number of halogens is 4. The number of aliphatic carboxylic acids is 2. The van der Waals surface area contributed by atoms with Crippen LogP contribution in [0.25, 0.3) is 32.7 Å². The van der Waals surface area contributed by atoms with Crippen molar-refractivity contribution in [1.29, 1.82) is 0 Å². The predicted octanol–water partition coefficient (Wildman–Crippen LogP) is 7.25. The van der Waals surface area contributed by atoms with Gasteiger partial charge in [0.1, 0.15) is 11.5 Å². The number of nitrogens with zero attached hydrogens (tertiary/aromatic N) is 2. The smallest absolute Gasteiger partial charge is 0.329 e. The molecular formula is C42H50F4N4O10. The van der Waals surface area contributed by atoms with E-state index in [0.29, 0.717) is 11.1 Å². The Balaban J connectivity index is 1.99. The molecule has 4 aromatic rings. The summed E-state index contributed by atoms with van der Waals surface area (Å²) < 4.78 is 53.7. The highest BCUT2D eigenvalue weighted by molar-refractivity contribution is 6.15. The molecule has 0 saturated carbocycles. The largest absolute Gasteiger partial charge is 0.507 e. The molecule has 2 atom stereocenters. The summed E-state index contributed by atoms with van der Waals surface area (Å²) in [6.07, 6.45) is -6.27. The number of phenolic OH excluding ortho intramolecular Hbond substituents is 6. The molecule has 0 fully saturated rings. The number of phenols is 6. The average molecular weight is 847 g/mol. The molecule has 0 amide bonds. The zero-order chi connectivity index (χ0) is 45.3. The molecule has 326 valence electrons. The fourth-order valence-corrected chi connectivity index (χ4v) is 7.48. The van der Waals surface area contributed by atoms with Crippen molar-refractivity contribution >= 4 is 45.9 Å². The molecule has 0 aliphatic heterocycles. The summed E-state index contributed by atoms with van der Waals surface area (Å²) in [5, 5.41) is 88.5. The van der Waals surface area contributed by atoms with Crippen molar-refractivity contribution in [2.45, 2.75) is 103 Å². The first-order chi connectivity index (χ1) is 27.9. The normalized spacial score (nSPS) is 14.5. The quantitative estimate of drug-likeness (QED) is 0.0218. The minimum atomic E-state index is -3.37. The lowest BCUT2D eigenvalue weighted by molar-refractivity contribution is -0.151. The molecule has 0 heterocycles. The number of aromatic hydroxyl groups is 6. The van der Waals surface area contributed by atoms with Gasteiger partial charge in [-0.25, -0.2) is 27.2 Å². The Labute approximate surface area is 342 Å². The van der Waals surface area contributed by atoms with E-state index >= 15 is 0 Å². The van der Waals surface area contributed by atoms with Gasteiger partial charge < -0.3 is 52.3 Å². The van der Waals surface area contributed by atoms with E-state index in [2.05, 4.69) is 9.98 Å². The molecule has 0 bridgehead atoms. The first-order valence-electron chi connectivity index (χ1n) is 18.9. The van der Waals surface area contributed by atoms with Crippen LogP contribution in [0.3, 0.4) is 0 Å². The number of aliphatic imine (C=N–C) groups is 2. The van der Waals surface area contributed by atoms with E-state index in [-0.39, 0.29) is 80.9 Å². The first-order valence-corrected chi connectivity index (χ1v) is 18.9. The first kappa shape index (κ1) is 46.8. The summed E-state index contributed by atoms with van der Waals surface area (Å²) in [4.78, 5) is 31.2. The predicted molar refractivity (Wildman–Crippen MR) is 219 cm³/mol. The van der Waals surface area contributed by atoms with E-state index in [1.807, 2.05) is 0 Å². The summed E-state index contributed by atoms with van der Waals surface area (Å²) in [5.74, 6) is -8.01. The van der Waals surface area contributed by atoms with Gasteiger partial charge in [-0.1, -0.05) is 39.8 Å². The molecule has 0 radical (unpaired) electrons. The van der Waals surface area contributed by atoms with Crippen LogP contribution in [0.15, 0.2) is 22.1 Å². The fraction of sp³-hybridized carbons (Fsp3) is 0.429. The lowest BCUT2D eigenvalue weighted by Gasteiger charge is -2.24. The second-order valence-electron chi connectivity index (χ2n) is 15.6. The number of hydrogen-bond acceptors (Lipinski definition) is 12. The summed E-state index contributed by atoms with van der Waals surface area (Å²) in [5.41, 5.74) is 6.14. The molecule has 0 aliphatic carbocycles. The maximum absolute atomic E-state index is 13.4. The molecular weight excluding hydrogens is 796 g/mol. The summed E-state index contributed by atoms with van der Waals surface area (Å²) in [7, 11) is 0. The number of benzene rings is 4. The van der Waals surface area contributed by atoms with Crippen molar-refractivity contribution in [3.63, 3.8) is 0 Å². The molecule has 0 spiro atoms. The highest BCUT2D eigenvalue weighted by Gasteiger charge is 2.44. The number of rotatable bonds is 17. The topological polar surface area (TPSA) is 273 Å². The van der Waals surface area contributed by atoms with E-state index in [0.717, 1.165) is 12.4 Å². The number of carboxylic acid groups (broad SMARTS) is 2. The Hall–Kier alpha value is -5.88. The number of carbonyl (C=O) groups is 2. The Morgan fingerprint density at radius 2 is 0.933 bits per heavy atom. The third-order valence-electron chi connectivity index (χ3n) is 10.8. The number of hydrogen-bond donors (Lipinski definition) is 10. The van der Waals surface area contributed by atoms with Gasteiger partial charge in [0.25, 0.3) is 12.9 Å². The second kappa shape index (κ2) is 17.8. The van der Waals surface area contributed by atoms with E-state index in [9.17, 15) is 68.0 Å². The summed E-state index contributed by atoms with van der Waals surface area (Å²) >= 11 is 0. The van der Waals surface area contributed by atoms with Gasteiger partial charge in [0.15, 0.2) is 34.1 Å². The summed E-state index contributed by atoms with van der Waals surface area (Å²) in [6.45, 7) is 9.70. The Bertz CT molecular complexity index is 2240. The molecule has 2 unspecified atom stereocenters. The van der Waals surface area contributed by atoms with Gasteiger partial charge in [-0.15, -0.1) is 0 Å². The Morgan fingerprint density at radius 1 is 0.617 bits per heavy atom. The molecule has 18 heteroatoms. The number of nitrogens with two attached hydrogens (primary N) is 2. The zero-order valence-corrected chi connectivity index (χ0v) is 33.8. The van der Waals surface area contributed by atoms with Gasteiger partial charge in [-0.05, 0) is 73.3 Å². The summed E-state index contributed by atoms with van der Waals surface area (Å²) in [6, 6.07) is 3.23. The third kappa shape index (κ3) is 8.30. The van der Waals surface area contributed by atoms with Crippen LogP contribution < -0.4 is 11.5 Å². The van der Waals surface area contributed by atoms with Gasteiger partial charge in [-0.2, -0.15) is 0 Å². The van der Waals surface area contributed by atoms with Crippen LogP contribution in [-0.4, -0.2) is 102 Å². The van der Waals surface area contributed by atoms with Crippen molar-refractivity contribution in [1.82, 2.24) is 0 Å². The molecule has 0 aromatic heterocycles. The van der Waals surface area contributed by atoms with Gasteiger partial charge in [0.05, 0.1) is 0 Å². The van der Waals surface area contributed by atoms with E-state index in [1.165, 1.54) is 0 Å². The SMILES string of the molecule is Cc1cc2c(C(C)C)c(O)c(O)c(C=NCCCC(N)(C(=O)O)C(F)F)c2c(O)c1-c1c(C)cc2c(C(C)C)c(O)c(O)c(C=NCCCC(N)(C(=O)O)C(F)F)c2c1O. The molecule has 60 heavy (non-hydrogen) atoms. The van der Waals surface area contributed by atoms with Crippen LogP contribution in [-0.2, 0) is 9.59 Å². The minimum absolute atomic E-state index is 0.0251. The van der Waals surface area contributed by atoms with Gasteiger partial charge in [0, 0.05) is 69.7 Å². The molecule has 4 rings (SSSR count). The average Bonchev–Trinajstić information content (AvgIpc) is 3.14. The zero-order valence-electron chi connectivity index (χ0n) is 33.8. The van der Waals surface area contributed by atoms with Gasteiger partial charge in [0.2, 0.25) is 0 Å². The minimum Gasteiger partial charge on any atom is -0.507 e. The second-order valence-corrected chi connectivity index (χ2v) is 15.6. The highest BCUT2D eigenvalue weighted by atomic mass is 19.3. The fourth-order valence-electron chi connectivity index (χ4n) is 7.48. The number of fused-ring (bicyclic) bond motifs is 2. The maximum atomic E-state index is 13.4. The highest BCUT2D eigenvalue weighted by Crippen LogP contribution is 2.54. The van der Waals surface area contributed by atoms with Crippen molar-refractivity contribution < 1.29 is 68.0 Å². The van der Waals surface area contributed by atoms with Crippen molar-refractivity contribution in [2.24, 2.45) is 21.5 Å². The lowest BCUT2D eigenvalue weighted by atomic mass is 9.83. The molecule has 0 aliphatic rings. The third-order valence-corrected chi connectivity index (χ3v) is 10.8. The van der Waals surface area contributed by atoms with Crippen LogP contribution >= 0.6 is 0 Å². The van der Waals surface area contributed by atoms with Crippen LogP contribution in [0.5, 0.6) is 34.5 Å². The van der Waals surface area contributed by atoms with Crippen LogP contribution in [0.4, 0.5) is 17.6 Å². The number of carboxylic acids is 2. The van der Waals surface area contributed by atoms with Crippen LogP contribution in [0.1, 0.15) is 98.6 Å². The van der Waals surface area contributed by atoms with Crippen molar-refractivity contribution in [3.8, 4) is 45.6 Å². The number of alkyl halides is 4. The Morgan fingerprint density at radius 3 is 1.20 bits per heavy atom. The van der Waals surface area contributed by atoms with E-state index < -0.39 is 95.0 Å². The van der Waals surface area contributed by atoms with Crippen LogP contribution in [0.2, 0.25) is 0 Å². The molecule has 14 nitrogen and oxygen atoms in total. The van der Waals surface area contributed by atoms with Crippen LogP contribution in [0, 0.1) is 13.8 Å². The van der Waals surface area contributed by atoms with Crippen molar-refractivity contribution in [3.05, 3.63) is 45.5 Å².